The maximum absolute atomic E-state index is 9.21. The molecule has 1 aromatic rings. The van der Waals surface area contributed by atoms with E-state index in [2.05, 4.69) is 21.3 Å². The van der Waals surface area contributed by atoms with Crippen LogP contribution in [0, 0.1) is 25.2 Å². The first kappa shape index (κ1) is 17.2. The smallest absolute Gasteiger partial charge is 0.126 e. The maximum atomic E-state index is 9.21. The van der Waals surface area contributed by atoms with E-state index in [4.69, 9.17) is 4.74 Å². The molecular formula is C19H28N4O. The predicted molar refractivity (Wildman–Crippen MR) is 95.1 cm³/mol. The lowest BCUT2D eigenvalue weighted by Gasteiger charge is -2.48. The summed E-state index contributed by atoms with van der Waals surface area (Å²) in [6, 6.07) is 4.24. The highest BCUT2D eigenvalue weighted by Crippen LogP contribution is 2.34. The number of nitrogens with one attached hydrogen (secondary N) is 1. The van der Waals surface area contributed by atoms with Gasteiger partial charge in [-0.3, -0.25) is 4.90 Å². The Labute approximate surface area is 145 Å². The Morgan fingerprint density at radius 3 is 2.58 bits per heavy atom. The molecular weight excluding hydrogens is 300 g/mol. The van der Waals surface area contributed by atoms with Gasteiger partial charge in [-0.1, -0.05) is 19.3 Å². The number of rotatable bonds is 4. The number of aromatic nitrogens is 1. The molecule has 2 fully saturated rings. The molecule has 130 valence electrons. The Kier molecular flexibility index (Phi) is 5.37. The molecule has 1 saturated carbocycles. The predicted octanol–water partition coefficient (Wildman–Crippen LogP) is 3.02. The first-order valence-electron chi connectivity index (χ1n) is 9.10. The fourth-order valence-corrected chi connectivity index (χ4v) is 4.20. The molecule has 0 radical (unpaired) electrons. The van der Waals surface area contributed by atoms with Crippen LogP contribution in [0.3, 0.4) is 0 Å². The minimum Gasteiger partial charge on any atom is -0.379 e. The SMILES string of the molecule is Cc1cc(NCC2(N3CCOCC3)CCCCC2)nc(C)c1C#N. The van der Waals surface area contributed by atoms with Gasteiger partial charge < -0.3 is 10.1 Å². The molecule has 0 unspecified atom stereocenters. The summed E-state index contributed by atoms with van der Waals surface area (Å²) in [4.78, 5) is 7.22. The van der Waals surface area contributed by atoms with Crippen molar-refractivity contribution in [2.24, 2.45) is 0 Å². The second kappa shape index (κ2) is 7.50. The third kappa shape index (κ3) is 3.55. The van der Waals surface area contributed by atoms with E-state index in [1.807, 2.05) is 19.9 Å². The summed E-state index contributed by atoms with van der Waals surface area (Å²) in [5.41, 5.74) is 2.72. The number of anilines is 1. The summed E-state index contributed by atoms with van der Waals surface area (Å²) in [6.07, 6.45) is 6.44. The van der Waals surface area contributed by atoms with Gasteiger partial charge in [0.1, 0.15) is 11.9 Å². The molecule has 0 atom stereocenters. The van der Waals surface area contributed by atoms with E-state index in [9.17, 15) is 5.26 Å². The van der Waals surface area contributed by atoms with Crippen LogP contribution in [0.2, 0.25) is 0 Å². The van der Waals surface area contributed by atoms with E-state index in [0.717, 1.165) is 49.9 Å². The number of morpholine rings is 1. The number of nitriles is 1. The minimum absolute atomic E-state index is 0.222. The van der Waals surface area contributed by atoms with E-state index in [-0.39, 0.29) is 5.54 Å². The lowest BCUT2D eigenvalue weighted by Crippen LogP contribution is -2.58. The van der Waals surface area contributed by atoms with Crippen molar-refractivity contribution in [1.29, 1.82) is 5.26 Å². The second-order valence-corrected chi connectivity index (χ2v) is 7.13. The molecule has 1 N–H and O–H groups in total. The van der Waals surface area contributed by atoms with Gasteiger partial charge in [-0.2, -0.15) is 5.26 Å². The molecule has 1 aliphatic heterocycles. The van der Waals surface area contributed by atoms with Crippen molar-refractivity contribution < 1.29 is 4.74 Å². The lowest BCUT2D eigenvalue weighted by atomic mass is 9.79. The molecule has 0 spiro atoms. The van der Waals surface area contributed by atoms with Crippen molar-refractivity contribution >= 4 is 5.82 Å². The highest BCUT2D eigenvalue weighted by molar-refractivity contribution is 5.48. The molecule has 2 aliphatic rings. The Morgan fingerprint density at radius 2 is 1.96 bits per heavy atom. The van der Waals surface area contributed by atoms with Crippen molar-refractivity contribution in [3.8, 4) is 6.07 Å². The Hall–Kier alpha value is -1.64. The van der Waals surface area contributed by atoms with Crippen molar-refractivity contribution in [2.75, 3.05) is 38.2 Å². The van der Waals surface area contributed by atoms with Crippen molar-refractivity contribution in [1.82, 2.24) is 9.88 Å². The fraction of sp³-hybridized carbons (Fsp3) is 0.684. The zero-order valence-corrected chi connectivity index (χ0v) is 14.9. The maximum Gasteiger partial charge on any atom is 0.126 e. The quantitative estimate of drug-likeness (QED) is 0.920. The van der Waals surface area contributed by atoms with E-state index in [1.165, 1.54) is 32.1 Å². The molecule has 24 heavy (non-hydrogen) atoms. The van der Waals surface area contributed by atoms with Crippen molar-refractivity contribution in [2.45, 2.75) is 51.5 Å². The topological polar surface area (TPSA) is 61.2 Å². The van der Waals surface area contributed by atoms with Crippen LogP contribution in [0.4, 0.5) is 5.82 Å². The molecule has 2 heterocycles. The van der Waals surface area contributed by atoms with Crippen LogP contribution in [0.5, 0.6) is 0 Å². The van der Waals surface area contributed by atoms with Crippen LogP contribution < -0.4 is 5.32 Å². The van der Waals surface area contributed by atoms with Gasteiger partial charge in [0, 0.05) is 25.2 Å². The summed E-state index contributed by atoms with van der Waals surface area (Å²) in [7, 11) is 0. The van der Waals surface area contributed by atoms with Gasteiger partial charge in [-0.05, 0) is 38.3 Å². The third-order valence-electron chi connectivity index (χ3n) is 5.57. The summed E-state index contributed by atoms with van der Waals surface area (Å²) in [6.45, 7) is 8.56. The molecule has 5 heteroatoms. The van der Waals surface area contributed by atoms with E-state index >= 15 is 0 Å². The lowest BCUT2D eigenvalue weighted by molar-refractivity contribution is -0.0318. The Morgan fingerprint density at radius 1 is 1.25 bits per heavy atom. The van der Waals surface area contributed by atoms with Gasteiger partial charge in [-0.15, -0.1) is 0 Å². The largest absolute Gasteiger partial charge is 0.379 e. The standard InChI is InChI=1S/C19H28N4O/c1-15-12-18(22-16(2)17(15)13-20)21-14-19(6-4-3-5-7-19)23-8-10-24-11-9-23/h12H,3-11,14H2,1-2H3,(H,21,22). The first-order chi connectivity index (χ1) is 11.6. The third-order valence-corrected chi connectivity index (χ3v) is 5.57. The summed E-state index contributed by atoms with van der Waals surface area (Å²) >= 11 is 0. The van der Waals surface area contributed by atoms with E-state index in [1.54, 1.807) is 0 Å². The molecule has 0 amide bonds. The molecule has 5 nitrogen and oxygen atoms in total. The summed E-state index contributed by atoms with van der Waals surface area (Å²) in [5, 5.41) is 12.8. The monoisotopic (exact) mass is 328 g/mol. The van der Waals surface area contributed by atoms with Crippen LogP contribution in [-0.4, -0.2) is 48.3 Å². The summed E-state index contributed by atoms with van der Waals surface area (Å²) in [5.74, 6) is 0.891. The van der Waals surface area contributed by atoms with Crippen LogP contribution in [0.15, 0.2) is 6.07 Å². The Bertz CT molecular complexity index is 587. The van der Waals surface area contributed by atoms with Crippen molar-refractivity contribution in [3.63, 3.8) is 0 Å². The van der Waals surface area contributed by atoms with E-state index in [0.29, 0.717) is 5.56 Å². The van der Waals surface area contributed by atoms with Crippen LogP contribution in [0.1, 0.15) is 48.9 Å². The average Bonchev–Trinajstić information content (AvgIpc) is 2.61. The van der Waals surface area contributed by atoms with Gasteiger partial charge in [0.25, 0.3) is 0 Å². The molecule has 1 saturated heterocycles. The zero-order valence-electron chi connectivity index (χ0n) is 14.9. The molecule has 0 aromatic carbocycles. The summed E-state index contributed by atoms with van der Waals surface area (Å²) < 4.78 is 5.55. The Balaban J connectivity index is 1.75. The van der Waals surface area contributed by atoms with Gasteiger partial charge in [0.2, 0.25) is 0 Å². The average molecular weight is 328 g/mol. The highest BCUT2D eigenvalue weighted by atomic mass is 16.5. The van der Waals surface area contributed by atoms with Crippen molar-refractivity contribution in [3.05, 3.63) is 22.9 Å². The molecule has 1 aromatic heterocycles. The van der Waals surface area contributed by atoms with Gasteiger partial charge in [-0.25, -0.2) is 4.98 Å². The van der Waals surface area contributed by atoms with Gasteiger partial charge in [0.15, 0.2) is 0 Å². The second-order valence-electron chi connectivity index (χ2n) is 7.13. The number of ether oxygens (including phenoxy) is 1. The minimum atomic E-state index is 0.222. The number of nitrogens with zero attached hydrogens (tertiary/aromatic N) is 3. The van der Waals surface area contributed by atoms with Crippen LogP contribution in [0.25, 0.3) is 0 Å². The first-order valence-corrected chi connectivity index (χ1v) is 9.10. The molecule has 3 rings (SSSR count). The van der Waals surface area contributed by atoms with Crippen LogP contribution in [-0.2, 0) is 4.74 Å². The number of aryl methyl sites for hydroxylation is 2. The fourth-order valence-electron chi connectivity index (χ4n) is 4.20. The normalized spacial score (nSPS) is 21.2. The van der Waals surface area contributed by atoms with Gasteiger partial charge >= 0.3 is 0 Å². The highest BCUT2D eigenvalue weighted by Gasteiger charge is 2.38. The molecule has 1 aliphatic carbocycles. The molecule has 0 bridgehead atoms. The van der Waals surface area contributed by atoms with E-state index < -0.39 is 0 Å². The number of pyridine rings is 1. The number of hydrogen-bond acceptors (Lipinski definition) is 5. The zero-order chi connectivity index (χ0) is 17.0. The number of hydrogen-bond donors (Lipinski definition) is 1. The van der Waals surface area contributed by atoms with Gasteiger partial charge in [0.05, 0.1) is 24.5 Å². The van der Waals surface area contributed by atoms with Crippen LogP contribution >= 0.6 is 0 Å².